The second kappa shape index (κ2) is 7.39. The molecule has 1 amide bonds. The number of nitrogens with zero attached hydrogens (tertiary/aromatic N) is 2. The average Bonchev–Trinajstić information content (AvgIpc) is 2.91. The number of rotatable bonds is 6. The van der Waals surface area contributed by atoms with Crippen molar-refractivity contribution < 1.29 is 9.90 Å². The van der Waals surface area contributed by atoms with Crippen LogP contribution in [0.4, 0.5) is 5.69 Å². The topological polar surface area (TPSA) is 76.4 Å². The molecular weight excluding hydrogens is 278 g/mol. The fourth-order valence-electron chi connectivity index (χ4n) is 2.96. The van der Waals surface area contributed by atoms with Gasteiger partial charge in [-0.25, -0.2) is 0 Å². The highest BCUT2D eigenvalue weighted by Gasteiger charge is 2.32. The summed E-state index contributed by atoms with van der Waals surface area (Å²) in [5, 5.41) is 22.0. The van der Waals surface area contributed by atoms with Crippen LogP contribution in [0, 0.1) is 11.3 Å². The Kier molecular flexibility index (Phi) is 5.53. The number of hydrogen-bond acceptors (Lipinski definition) is 4. The van der Waals surface area contributed by atoms with Crippen molar-refractivity contribution in [3.63, 3.8) is 0 Å². The first-order chi connectivity index (χ1) is 10.5. The number of amides is 1. The first-order valence-corrected chi connectivity index (χ1v) is 7.72. The van der Waals surface area contributed by atoms with E-state index in [2.05, 4.69) is 5.32 Å². The van der Waals surface area contributed by atoms with Gasteiger partial charge in [-0.15, -0.1) is 0 Å². The molecule has 118 valence electrons. The van der Waals surface area contributed by atoms with Crippen LogP contribution in [0.15, 0.2) is 24.3 Å². The SMILES string of the molecule is CN(CCC(=O)Nc1cccc(C#N)c1)CC1(O)CCCC1. The Labute approximate surface area is 131 Å². The number of carbonyl (C=O) groups is 1. The second-order valence-corrected chi connectivity index (χ2v) is 6.16. The Morgan fingerprint density at radius 2 is 2.18 bits per heavy atom. The molecule has 0 saturated heterocycles. The molecule has 0 atom stereocenters. The summed E-state index contributed by atoms with van der Waals surface area (Å²) in [6.45, 7) is 1.22. The quantitative estimate of drug-likeness (QED) is 0.844. The first-order valence-electron chi connectivity index (χ1n) is 7.72. The molecule has 0 unspecified atom stereocenters. The molecule has 1 saturated carbocycles. The van der Waals surface area contributed by atoms with Crippen LogP contribution in [0.5, 0.6) is 0 Å². The van der Waals surface area contributed by atoms with Gasteiger partial charge in [0, 0.05) is 25.2 Å². The predicted molar refractivity (Wildman–Crippen MR) is 85.3 cm³/mol. The highest BCUT2D eigenvalue weighted by Crippen LogP contribution is 2.29. The van der Waals surface area contributed by atoms with E-state index >= 15 is 0 Å². The highest BCUT2D eigenvalue weighted by molar-refractivity contribution is 5.90. The molecule has 1 aromatic rings. The molecule has 1 aliphatic rings. The van der Waals surface area contributed by atoms with Gasteiger partial charge in [-0.2, -0.15) is 5.26 Å². The Hall–Kier alpha value is -1.90. The van der Waals surface area contributed by atoms with E-state index in [9.17, 15) is 9.90 Å². The molecule has 2 rings (SSSR count). The summed E-state index contributed by atoms with van der Waals surface area (Å²) >= 11 is 0. The maximum absolute atomic E-state index is 12.0. The molecule has 5 heteroatoms. The molecule has 22 heavy (non-hydrogen) atoms. The summed E-state index contributed by atoms with van der Waals surface area (Å²) in [5.74, 6) is -0.0830. The van der Waals surface area contributed by atoms with Gasteiger partial charge in [0.15, 0.2) is 0 Å². The maximum atomic E-state index is 12.0. The van der Waals surface area contributed by atoms with E-state index in [1.165, 1.54) is 0 Å². The summed E-state index contributed by atoms with van der Waals surface area (Å²) in [6.07, 6.45) is 4.23. The van der Waals surface area contributed by atoms with E-state index in [0.29, 0.717) is 30.8 Å². The smallest absolute Gasteiger partial charge is 0.225 e. The number of nitriles is 1. The number of nitrogens with one attached hydrogen (secondary N) is 1. The number of hydrogen-bond donors (Lipinski definition) is 2. The summed E-state index contributed by atoms with van der Waals surface area (Å²) < 4.78 is 0. The summed E-state index contributed by atoms with van der Waals surface area (Å²) in [5.41, 5.74) is 0.589. The lowest BCUT2D eigenvalue weighted by Gasteiger charge is -2.28. The van der Waals surface area contributed by atoms with Crippen LogP contribution in [-0.2, 0) is 4.79 Å². The molecule has 0 bridgehead atoms. The monoisotopic (exact) mass is 301 g/mol. The van der Waals surface area contributed by atoms with Gasteiger partial charge < -0.3 is 15.3 Å². The molecule has 1 aromatic carbocycles. The molecule has 0 aromatic heterocycles. The van der Waals surface area contributed by atoms with E-state index in [0.717, 1.165) is 25.7 Å². The molecule has 0 heterocycles. The molecular formula is C17H23N3O2. The summed E-state index contributed by atoms with van der Waals surface area (Å²) in [4.78, 5) is 14.0. The normalized spacial score (nSPS) is 16.5. The standard InChI is InChI=1S/C17H23N3O2/c1-20(13-17(22)8-2-3-9-17)10-7-16(21)19-15-6-4-5-14(11-15)12-18/h4-6,11,22H,2-3,7-10,13H2,1H3,(H,19,21). The third-order valence-electron chi connectivity index (χ3n) is 4.09. The Morgan fingerprint density at radius 3 is 2.86 bits per heavy atom. The van der Waals surface area contributed by atoms with E-state index in [1.807, 2.05) is 18.0 Å². The predicted octanol–water partition coefficient (Wildman–Crippen LogP) is 2.12. The summed E-state index contributed by atoms with van der Waals surface area (Å²) in [6, 6.07) is 8.92. The van der Waals surface area contributed by atoms with Gasteiger partial charge in [0.25, 0.3) is 0 Å². The second-order valence-electron chi connectivity index (χ2n) is 6.16. The molecule has 2 N–H and O–H groups in total. The zero-order valence-electron chi connectivity index (χ0n) is 13.0. The fraction of sp³-hybridized carbons (Fsp3) is 0.529. The third kappa shape index (κ3) is 4.83. The fourth-order valence-corrected chi connectivity index (χ4v) is 2.96. The summed E-state index contributed by atoms with van der Waals surface area (Å²) in [7, 11) is 1.93. The first kappa shape index (κ1) is 16.5. The van der Waals surface area contributed by atoms with Crippen molar-refractivity contribution in [1.82, 2.24) is 4.90 Å². The Morgan fingerprint density at radius 1 is 1.45 bits per heavy atom. The third-order valence-corrected chi connectivity index (χ3v) is 4.09. The van der Waals surface area contributed by atoms with Crippen LogP contribution in [0.3, 0.4) is 0 Å². The van der Waals surface area contributed by atoms with Crippen LogP contribution in [0.1, 0.15) is 37.7 Å². The lowest BCUT2D eigenvalue weighted by atomic mass is 10.0. The van der Waals surface area contributed by atoms with Crippen molar-refractivity contribution in [1.29, 1.82) is 5.26 Å². The number of anilines is 1. The number of benzene rings is 1. The van der Waals surface area contributed by atoms with Crippen molar-refractivity contribution in [3.8, 4) is 6.07 Å². The largest absolute Gasteiger partial charge is 0.389 e. The Bertz CT molecular complexity index is 559. The van der Waals surface area contributed by atoms with Gasteiger partial charge in [-0.1, -0.05) is 18.9 Å². The average molecular weight is 301 g/mol. The van der Waals surface area contributed by atoms with Crippen LogP contribution in [-0.4, -0.2) is 41.7 Å². The van der Waals surface area contributed by atoms with Crippen LogP contribution < -0.4 is 5.32 Å². The molecule has 1 fully saturated rings. The minimum Gasteiger partial charge on any atom is -0.389 e. The Balaban J connectivity index is 1.76. The zero-order chi connectivity index (χ0) is 16.0. The lowest BCUT2D eigenvalue weighted by molar-refractivity contribution is -0.116. The minimum atomic E-state index is -0.577. The molecule has 0 radical (unpaired) electrons. The van der Waals surface area contributed by atoms with Crippen LogP contribution >= 0.6 is 0 Å². The zero-order valence-corrected chi connectivity index (χ0v) is 13.0. The van der Waals surface area contributed by atoms with Gasteiger partial charge in [-0.05, 0) is 38.1 Å². The number of aliphatic hydroxyl groups is 1. The molecule has 1 aliphatic carbocycles. The molecule has 5 nitrogen and oxygen atoms in total. The number of likely N-dealkylation sites (N-methyl/N-ethyl adjacent to an activating group) is 1. The van der Waals surface area contributed by atoms with E-state index in [-0.39, 0.29) is 5.91 Å². The van der Waals surface area contributed by atoms with E-state index < -0.39 is 5.60 Å². The lowest BCUT2D eigenvalue weighted by Crippen LogP contribution is -2.40. The number of carbonyl (C=O) groups excluding carboxylic acids is 1. The van der Waals surface area contributed by atoms with Gasteiger partial charge >= 0.3 is 0 Å². The van der Waals surface area contributed by atoms with E-state index in [4.69, 9.17) is 5.26 Å². The molecule has 0 spiro atoms. The van der Waals surface area contributed by atoms with Crippen molar-refractivity contribution >= 4 is 11.6 Å². The van der Waals surface area contributed by atoms with Crippen LogP contribution in [0.2, 0.25) is 0 Å². The van der Waals surface area contributed by atoms with Crippen molar-refractivity contribution in [2.45, 2.75) is 37.7 Å². The van der Waals surface area contributed by atoms with Gasteiger partial charge in [0.2, 0.25) is 5.91 Å². The maximum Gasteiger partial charge on any atom is 0.225 e. The van der Waals surface area contributed by atoms with Gasteiger partial charge in [-0.3, -0.25) is 4.79 Å². The highest BCUT2D eigenvalue weighted by atomic mass is 16.3. The van der Waals surface area contributed by atoms with Crippen LogP contribution in [0.25, 0.3) is 0 Å². The molecule has 0 aliphatic heterocycles. The van der Waals surface area contributed by atoms with Gasteiger partial charge in [0.05, 0.1) is 17.2 Å². The van der Waals surface area contributed by atoms with Crippen molar-refractivity contribution in [2.75, 3.05) is 25.5 Å². The van der Waals surface area contributed by atoms with Crippen molar-refractivity contribution in [2.24, 2.45) is 0 Å². The van der Waals surface area contributed by atoms with Crippen molar-refractivity contribution in [3.05, 3.63) is 29.8 Å². The van der Waals surface area contributed by atoms with E-state index in [1.54, 1.807) is 24.3 Å². The minimum absolute atomic E-state index is 0.0830. The van der Waals surface area contributed by atoms with Gasteiger partial charge in [0.1, 0.15) is 0 Å².